The number of aliphatic hydroxyl groups excluding tert-OH is 1. The van der Waals surface area contributed by atoms with Crippen LogP contribution < -0.4 is 0 Å². The lowest BCUT2D eigenvalue weighted by atomic mass is 9.88. The van der Waals surface area contributed by atoms with E-state index in [1.54, 1.807) is 0 Å². The Morgan fingerprint density at radius 2 is 1.91 bits per heavy atom. The average molecular weight is 449 g/mol. The van der Waals surface area contributed by atoms with Gasteiger partial charge in [-0.3, -0.25) is 9.59 Å². The van der Waals surface area contributed by atoms with Crippen molar-refractivity contribution in [2.45, 2.75) is 64.9 Å². The Labute approximate surface area is 197 Å². The number of fused-ring (bicyclic) bond motifs is 1. The van der Waals surface area contributed by atoms with E-state index < -0.39 is 12.1 Å². The summed E-state index contributed by atoms with van der Waals surface area (Å²) in [5.41, 5.74) is 0.858. The summed E-state index contributed by atoms with van der Waals surface area (Å²) in [4.78, 5) is 23.5. The summed E-state index contributed by atoms with van der Waals surface area (Å²) in [5.74, 6) is -0.468. The lowest BCUT2D eigenvalue weighted by Crippen LogP contribution is -2.21. The highest BCUT2D eigenvalue weighted by Crippen LogP contribution is 2.44. The lowest BCUT2D eigenvalue weighted by molar-refractivity contribution is -0.137. The first-order chi connectivity index (χ1) is 15.8. The van der Waals surface area contributed by atoms with Gasteiger partial charge in [0, 0.05) is 17.8 Å². The molecule has 3 atom stereocenters. The second-order valence-corrected chi connectivity index (χ2v) is 9.89. The molecule has 0 saturated heterocycles. The van der Waals surface area contributed by atoms with Crippen LogP contribution in [0.4, 0.5) is 0 Å². The van der Waals surface area contributed by atoms with Crippen molar-refractivity contribution in [3.63, 3.8) is 0 Å². The minimum Gasteiger partial charge on any atom is -0.481 e. The molecule has 4 heteroatoms. The van der Waals surface area contributed by atoms with Crippen LogP contribution in [0.3, 0.4) is 0 Å². The van der Waals surface area contributed by atoms with Gasteiger partial charge in [-0.25, -0.2) is 0 Å². The molecular formula is C29H36O4. The number of aryl methyl sites for hydroxylation is 1. The van der Waals surface area contributed by atoms with Gasteiger partial charge in [0.05, 0.1) is 6.10 Å². The predicted octanol–water partition coefficient (Wildman–Crippen LogP) is 6.12. The zero-order valence-electron chi connectivity index (χ0n) is 19.7. The number of allylic oxidation sites excluding steroid dienone is 3. The number of carbonyl (C=O) groups is 2. The number of rotatable bonds is 11. The maximum Gasteiger partial charge on any atom is 0.303 e. The molecular weight excluding hydrogens is 412 g/mol. The number of hydrogen-bond acceptors (Lipinski definition) is 3. The highest BCUT2D eigenvalue weighted by Gasteiger charge is 2.45. The molecule has 4 nitrogen and oxygen atoms in total. The fourth-order valence-electron chi connectivity index (χ4n) is 4.82. The third-order valence-electron chi connectivity index (χ3n) is 6.71. The van der Waals surface area contributed by atoms with Gasteiger partial charge in [-0.05, 0) is 60.8 Å². The molecule has 3 rings (SSSR count). The smallest absolute Gasteiger partial charge is 0.303 e. The average Bonchev–Trinajstić information content (AvgIpc) is 3.01. The molecule has 1 saturated carbocycles. The lowest BCUT2D eigenvalue weighted by Gasteiger charge is -2.14. The van der Waals surface area contributed by atoms with Crippen LogP contribution in [0.15, 0.2) is 66.8 Å². The van der Waals surface area contributed by atoms with E-state index in [2.05, 4.69) is 30.3 Å². The van der Waals surface area contributed by atoms with Gasteiger partial charge in [-0.1, -0.05) is 80.6 Å². The first-order valence-corrected chi connectivity index (χ1v) is 12.0. The molecule has 1 aliphatic carbocycles. The first kappa shape index (κ1) is 24.9. The predicted molar refractivity (Wildman–Crippen MR) is 133 cm³/mol. The summed E-state index contributed by atoms with van der Waals surface area (Å²) < 4.78 is 0. The number of aliphatic carboxylic acids is 1. The zero-order valence-corrected chi connectivity index (χ0v) is 19.7. The van der Waals surface area contributed by atoms with Gasteiger partial charge in [0.15, 0.2) is 0 Å². The maximum absolute atomic E-state index is 12.9. The Kier molecular flexibility index (Phi) is 8.62. The highest BCUT2D eigenvalue weighted by atomic mass is 16.4. The van der Waals surface area contributed by atoms with Gasteiger partial charge in [-0.15, -0.1) is 0 Å². The van der Waals surface area contributed by atoms with Crippen molar-refractivity contribution in [3.05, 3.63) is 72.3 Å². The Bertz CT molecular complexity index is 1020. The molecule has 2 aromatic carbocycles. The fourth-order valence-corrected chi connectivity index (χ4v) is 4.82. The summed E-state index contributed by atoms with van der Waals surface area (Å²) in [5, 5.41) is 21.7. The van der Waals surface area contributed by atoms with Gasteiger partial charge < -0.3 is 10.2 Å². The molecule has 0 bridgehead atoms. The minimum atomic E-state index is -0.777. The Hall–Kier alpha value is -2.72. The van der Waals surface area contributed by atoms with Crippen LogP contribution >= 0.6 is 0 Å². The Morgan fingerprint density at radius 1 is 1.15 bits per heavy atom. The Balaban J connectivity index is 1.54. The van der Waals surface area contributed by atoms with Crippen LogP contribution in [0.25, 0.3) is 10.8 Å². The van der Waals surface area contributed by atoms with E-state index in [-0.39, 0.29) is 29.5 Å². The normalized spacial score (nSPS) is 21.4. The van der Waals surface area contributed by atoms with Gasteiger partial charge in [0.25, 0.3) is 0 Å². The standard InChI is InChI=1S/C29H36O4/c1-29(2)20-24(26(28(29)33)11-5-3-4-6-12-27(31)32)16-18-25(30)17-14-21-13-15-22-9-7-8-10-23(22)19-21/h3,5,7-10,13,15-16,18-19,24-26,30H,4,6,11-12,14,17,20H2,1-2H3,(H,31,32)/b5-3-,18-16+/t24-,25?,26+/m0/s1. The van der Waals surface area contributed by atoms with Gasteiger partial charge in [0.2, 0.25) is 0 Å². The summed E-state index contributed by atoms with van der Waals surface area (Å²) in [6, 6.07) is 14.7. The molecule has 2 N–H and O–H groups in total. The van der Waals surface area contributed by atoms with E-state index in [0.717, 1.165) is 12.8 Å². The molecule has 0 radical (unpaired) electrons. The van der Waals surface area contributed by atoms with Crippen LogP contribution in [-0.4, -0.2) is 28.1 Å². The number of aliphatic hydroxyl groups is 1. The number of carbonyl (C=O) groups excluding carboxylic acids is 1. The number of Topliss-reactive ketones (excluding diaryl/α,β-unsaturated/α-hetero) is 1. The molecule has 33 heavy (non-hydrogen) atoms. The molecule has 1 aliphatic rings. The van der Waals surface area contributed by atoms with E-state index in [9.17, 15) is 14.7 Å². The van der Waals surface area contributed by atoms with Crippen molar-refractivity contribution in [3.8, 4) is 0 Å². The van der Waals surface area contributed by atoms with Crippen molar-refractivity contribution in [2.75, 3.05) is 0 Å². The zero-order chi connectivity index (χ0) is 23.8. The topological polar surface area (TPSA) is 74.6 Å². The first-order valence-electron chi connectivity index (χ1n) is 12.0. The highest BCUT2D eigenvalue weighted by molar-refractivity contribution is 5.89. The van der Waals surface area contributed by atoms with Crippen LogP contribution in [0.5, 0.6) is 0 Å². The SMILES string of the molecule is CC1(C)C[C@H](/C=C/C(O)CCc2ccc3ccccc3c2)[C@@H](C/C=C\CCCC(=O)O)C1=O. The molecule has 2 aromatic rings. The molecule has 1 unspecified atom stereocenters. The quantitative estimate of drug-likeness (QED) is 0.321. The van der Waals surface area contributed by atoms with E-state index >= 15 is 0 Å². The van der Waals surface area contributed by atoms with Gasteiger partial charge in [-0.2, -0.15) is 0 Å². The monoisotopic (exact) mass is 448 g/mol. The van der Waals surface area contributed by atoms with Crippen LogP contribution in [0, 0.1) is 17.3 Å². The summed E-state index contributed by atoms with van der Waals surface area (Å²) in [7, 11) is 0. The van der Waals surface area contributed by atoms with Gasteiger partial charge >= 0.3 is 5.97 Å². The van der Waals surface area contributed by atoms with E-state index in [4.69, 9.17) is 5.11 Å². The molecule has 0 amide bonds. The number of ketones is 1. The molecule has 0 aromatic heterocycles. The van der Waals surface area contributed by atoms with Crippen LogP contribution in [-0.2, 0) is 16.0 Å². The molecule has 0 aliphatic heterocycles. The Morgan fingerprint density at radius 3 is 2.67 bits per heavy atom. The second-order valence-electron chi connectivity index (χ2n) is 9.89. The van der Waals surface area contributed by atoms with Crippen LogP contribution in [0.2, 0.25) is 0 Å². The van der Waals surface area contributed by atoms with Crippen molar-refractivity contribution < 1.29 is 19.8 Å². The molecule has 1 fully saturated rings. The largest absolute Gasteiger partial charge is 0.481 e. The summed E-state index contributed by atoms with van der Waals surface area (Å²) in [6.45, 7) is 4.01. The van der Waals surface area contributed by atoms with Gasteiger partial charge in [0.1, 0.15) is 5.78 Å². The number of carboxylic acids is 1. The fraction of sp³-hybridized carbons (Fsp3) is 0.448. The molecule has 0 spiro atoms. The van der Waals surface area contributed by atoms with Crippen LogP contribution in [0.1, 0.15) is 57.9 Å². The third kappa shape index (κ3) is 7.13. The molecule has 0 heterocycles. The third-order valence-corrected chi connectivity index (χ3v) is 6.71. The number of hydrogen-bond donors (Lipinski definition) is 2. The van der Waals surface area contributed by atoms with E-state index in [0.29, 0.717) is 25.7 Å². The second kappa shape index (κ2) is 11.4. The van der Waals surface area contributed by atoms with E-state index in [1.165, 1.54) is 16.3 Å². The van der Waals surface area contributed by atoms with Crippen molar-refractivity contribution in [1.29, 1.82) is 0 Å². The number of benzene rings is 2. The van der Waals surface area contributed by atoms with Crippen molar-refractivity contribution >= 4 is 22.5 Å². The van der Waals surface area contributed by atoms with Crippen molar-refractivity contribution in [1.82, 2.24) is 0 Å². The number of unbranched alkanes of at least 4 members (excludes halogenated alkanes) is 1. The summed E-state index contributed by atoms with van der Waals surface area (Å²) >= 11 is 0. The number of carboxylic acid groups (broad SMARTS) is 1. The molecule has 176 valence electrons. The maximum atomic E-state index is 12.9. The minimum absolute atomic E-state index is 0.0836. The summed E-state index contributed by atoms with van der Waals surface area (Å²) in [6.07, 6.45) is 11.8. The van der Waals surface area contributed by atoms with Crippen molar-refractivity contribution in [2.24, 2.45) is 17.3 Å². The van der Waals surface area contributed by atoms with E-state index in [1.807, 2.05) is 50.3 Å².